The fraction of sp³-hybridized carbons (Fsp3) is 0.238. The number of hydrogen-bond donors (Lipinski definition) is 1. The molecule has 0 unspecified atom stereocenters. The van der Waals surface area contributed by atoms with Crippen LogP contribution in [0.15, 0.2) is 73.1 Å². The molecule has 0 bridgehead atoms. The third-order valence-corrected chi connectivity index (χ3v) is 5.02. The molecule has 0 atom stereocenters. The maximum absolute atomic E-state index is 11.9. The van der Waals surface area contributed by atoms with E-state index >= 15 is 0 Å². The molecule has 26 heavy (non-hydrogen) atoms. The average molecular weight is 366 g/mol. The van der Waals surface area contributed by atoms with Crippen LogP contribution in [-0.4, -0.2) is 28.0 Å². The lowest BCUT2D eigenvalue weighted by Gasteiger charge is -2.06. The normalized spacial score (nSPS) is 10.6. The van der Waals surface area contributed by atoms with Crippen molar-refractivity contribution in [2.45, 2.75) is 18.6 Å². The molecular formula is C21H23N3OS. The maximum atomic E-state index is 11.9. The molecule has 1 heterocycles. The van der Waals surface area contributed by atoms with Gasteiger partial charge in [-0.3, -0.25) is 4.79 Å². The summed E-state index contributed by atoms with van der Waals surface area (Å²) in [7, 11) is 0. The summed E-state index contributed by atoms with van der Waals surface area (Å²) < 4.78 is 1.83. The third kappa shape index (κ3) is 5.77. The molecule has 0 spiro atoms. The van der Waals surface area contributed by atoms with Crippen LogP contribution in [0.1, 0.15) is 17.5 Å². The van der Waals surface area contributed by atoms with E-state index in [-0.39, 0.29) is 5.91 Å². The van der Waals surface area contributed by atoms with Gasteiger partial charge in [-0.05, 0) is 42.2 Å². The highest BCUT2D eigenvalue weighted by Gasteiger charge is 2.03. The van der Waals surface area contributed by atoms with E-state index in [1.807, 2.05) is 47.3 Å². The average Bonchev–Trinajstić information content (AvgIpc) is 3.21. The Labute approximate surface area is 158 Å². The Morgan fingerprint density at radius 2 is 1.81 bits per heavy atom. The van der Waals surface area contributed by atoms with Gasteiger partial charge in [-0.25, -0.2) is 4.68 Å². The lowest BCUT2D eigenvalue weighted by Crippen LogP contribution is -2.26. The molecule has 0 aliphatic rings. The fourth-order valence-corrected chi connectivity index (χ4v) is 3.46. The second-order valence-electron chi connectivity index (χ2n) is 6.05. The van der Waals surface area contributed by atoms with Crippen LogP contribution in [0, 0.1) is 0 Å². The quantitative estimate of drug-likeness (QED) is 0.586. The number of nitrogens with one attached hydrogen (secondary N) is 1. The number of carbonyl (C=O) groups is 1. The highest BCUT2D eigenvalue weighted by molar-refractivity contribution is 7.99. The largest absolute Gasteiger partial charge is 0.355 e. The molecule has 0 saturated carbocycles. The van der Waals surface area contributed by atoms with E-state index in [9.17, 15) is 4.79 Å². The van der Waals surface area contributed by atoms with Gasteiger partial charge in [0.1, 0.15) is 0 Å². The van der Waals surface area contributed by atoms with Crippen molar-refractivity contribution >= 4 is 17.7 Å². The topological polar surface area (TPSA) is 46.9 Å². The lowest BCUT2D eigenvalue weighted by molar-refractivity contribution is -0.118. The fourth-order valence-electron chi connectivity index (χ4n) is 2.64. The summed E-state index contributed by atoms with van der Waals surface area (Å²) in [5.74, 6) is 1.43. The summed E-state index contributed by atoms with van der Waals surface area (Å²) in [6.45, 7) is 0.729. The Balaban J connectivity index is 1.31. The molecule has 1 amide bonds. The molecular weight excluding hydrogens is 342 g/mol. The van der Waals surface area contributed by atoms with E-state index in [0.717, 1.165) is 30.8 Å². The van der Waals surface area contributed by atoms with Crippen molar-refractivity contribution in [2.24, 2.45) is 0 Å². The molecule has 5 heteroatoms. The van der Waals surface area contributed by atoms with E-state index in [2.05, 4.69) is 34.7 Å². The molecule has 0 aliphatic heterocycles. The van der Waals surface area contributed by atoms with Crippen molar-refractivity contribution in [1.29, 1.82) is 0 Å². The zero-order valence-corrected chi connectivity index (χ0v) is 15.5. The van der Waals surface area contributed by atoms with Crippen molar-refractivity contribution in [3.8, 4) is 5.69 Å². The molecule has 2 aromatic carbocycles. The Bertz CT molecular complexity index is 786. The van der Waals surface area contributed by atoms with Gasteiger partial charge in [0.15, 0.2) is 0 Å². The first-order valence-corrected chi connectivity index (χ1v) is 9.94. The van der Waals surface area contributed by atoms with E-state index in [1.54, 1.807) is 18.0 Å². The van der Waals surface area contributed by atoms with Crippen LogP contribution in [0.25, 0.3) is 5.69 Å². The summed E-state index contributed by atoms with van der Waals surface area (Å²) in [5.41, 5.74) is 3.57. The second kappa shape index (κ2) is 9.82. The number of nitrogens with zero attached hydrogens (tertiary/aromatic N) is 2. The molecule has 0 saturated heterocycles. The predicted octanol–water partition coefficient (Wildman–Crippen LogP) is 3.85. The Hall–Kier alpha value is -2.53. The van der Waals surface area contributed by atoms with Crippen molar-refractivity contribution in [2.75, 3.05) is 12.3 Å². The molecule has 1 aromatic heterocycles. The Kier molecular flexibility index (Phi) is 6.90. The van der Waals surface area contributed by atoms with Gasteiger partial charge in [0.05, 0.1) is 11.4 Å². The van der Waals surface area contributed by atoms with E-state index < -0.39 is 0 Å². The van der Waals surface area contributed by atoms with Gasteiger partial charge in [-0.1, -0.05) is 42.5 Å². The number of hydrogen-bond acceptors (Lipinski definition) is 3. The Morgan fingerprint density at radius 1 is 1.00 bits per heavy atom. The van der Waals surface area contributed by atoms with Crippen LogP contribution in [0.5, 0.6) is 0 Å². The SMILES string of the molecule is O=C(CSCc1ccc(-n2cccn2)cc1)NCCCc1ccccc1. The molecule has 0 fully saturated rings. The van der Waals surface area contributed by atoms with Crippen LogP contribution in [0.4, 0.5) is 0 Å². The van der Waals surface area contributed by atoms with Crippen LogP contribution in [0.2, 0.25) is 0 Å². The minimum atomic E-state index is 0.108. The summed E-state index contributed by atoms with van der Waals surface area (Å²) in [4.78, 5) is 11.9. The number of thioether (sulfide) groups is 1. The first kappa shape index (κ1) is 18.3. The van der Waals surface area contributed by atoms with Crippen LogP contribution < -0.4 is 5.32 Å². The summed E-state index contributed by atoms with van der Waals surface area (Å²) >= 11 is 1.64. The number of amides is 1. The van der Waals surface area contributed by atoms with Gasteiger partial charge in [0.2, 0.25) is 5.91 Å². The van der Waals surface area contributed by atoms with Gasteiger partial charge in [-0.15, -0.1) is 11.8 Å². The molecule has 3 rings (SSSR count). The first-order valence-electron chi connectivity index (χ1n) is 8.78. The zero-order valence-electron chi connectivity index (χ0n) is 14.7. The Morgan fingerprint density at radius 3 is 2.54 bits per heavy atom. The van der Waals surface area contributed by atoms with Gasteiger partial charge < -0.3 is 5.32 Å². The van der Waals surface area contributed by atoms with Gasteiger partial charge >= 0.3 is 0 Å². The smallest absolute Gasteiger partial charge is 0.230 e. The van der Waals surface area contributed by atoms with Crippen molar-refractivity contribution in [3.05, 3.63) is 84.2 Å². The van der Waals surface area contributed by atoms with Crippen LogP contribution in [-0.2, 0) is 17.0 Å². The monoisotopic (exact) mass is 365 g/mol. The maximum Gasteiger partial charge on any atom is 0.230 e. The number of aromatic nitrogens is 2. The molecule has 4 nitrogen and oxygen atoms in total. The molecule has 0 aliphatic carbocycles. The minimum Gasteiger partial charge on any atom is -0.355 e. The predicted molar refractivity (Wildman–Crippen MR) is 107 cm³/mol. The van der Waals surface area contributed by atoms with Crippen LogP contribution in [0.3, 0.4) is 0 Å². The van der Waals surface area contributed by atoms with Gasteiger partial charge in [0.25, 0.3) is 0 Å². The number of rotatable bonds is 9. The standard InChI is InChI=1S/C21H23N3OS/c25-21(22-13-4-8-18-6-2-1-3-7-18)17-26-16-19-9-11-20(12-10-19)24-15-5-14-23-24/h1-3,5-7,9-12,14-15H,4,8,13,16-17H2,(H,22,25). The number of carbonyl (C=O) groups excluding carboxylic acids is 1. The summed E-state index contributed by atoms with van der Waals surface area (Å²) in [6, 6.07) is 20.5. The first-order chi connectivity index (χ1) is 12.8. The zero-order chi connectivity index (χ0) is 18.0. The van der Waals surface area contributed by atoms with Crippen LogP contribution >= 0.6 is 11.8 Å². The lowest BCUT2D eigenvalue weighted by atomic mass is 10.1. The van der Waals surface area contributed by atoms with Crippen molar-refractivity contribution in [3.63, 3.8) is 0 Å². The van der Waals surface area contributed by atoms with Crippen molar-refractivity contribution < 1.29 is 4.79 Å². The highest BCUT2D eigenvalue weighted by atomic mass is 32.2. The van der Waals surface area contributed by atoms with Crippen molar-refractivity contribution in [1.82, 2.24) is 15.1 Å². The molecule has 3 aromatic rings. The summed E-state index contributed by atoms with van der Waals surface area (Å²) in [6.07, 6.45) is 5.65. The third-order valence-electron chi connectivity index (χ3n) is 4.01. The number of aryl methyl sites for hydroxylation is 1. The highest BCUT2D eigenvalue weighted by Crippen LogP contribution is 2.14. The van der Waals surface area contributed by atoms with Gasteiger partial charge in [-0.2, -0.15) is 5.10 Å². The second-order valence-corrected chi connectivity index (χ2v) is 7.03. The number of benzene rings is 2. The minimum absolute atomic E-state index is 0.108. The van der Waals surface area contributed by atoms with E-state index in [1.165, 1.54) is 11.1 Å². The molecule has 134 valence electrons. The van der Waals surface area contributed by atoms with E-state index in [0.29, 0.717) is 5.75 Å². The summed E-state index contributed by atoms with van der Waals surface area (Å²) in [5, 5.41) is 7.21. The van der Waals surface area contributed by atoms with E-state index in [4.69, 9.17) is 0 Å². The van der Waals surface area contributed by atoms with Gasteiger partial charge in [0, 0.05) is 24.7 Å². The molecule has 0 radical (unpaired) electrons. The molecule has 1 N–H and O–H groups in total.